The second-order valence-electron chi connectivity index (χ2n) is 8.67. The summed E-state index contributed by atoms with van der Waals surface area (Å²) in [7, 11) is 3.41. The molecule has 1 saturated heterocycles. The zero-order chi connectivity index (χ0) is 23.5. The summed E-state index contributed by atoms with van der Waals surface area (Å²) in [6.07, 6.45) is 0.822. The molecule has 1 aliphatic rings. The molecular weight excluding hydrogens is 416 g/mol. The van der Waals surface area contributed by atoms with Crippen LogP contribution in [0.15, 0.2) is 65.1 Å². The summed E-state index contributed by atoms with van der Waals surface area (Å²) in [6.45, 7) is 4.29. The molecule has 0 aliphatic carbocycles. The maximum atomic E-state index is 13.7. The average Bonchev–Trinajstić information content (AvgIpc) is 3.23. The highest BCUT2D eigenvalue weighted by Gasteiger charge is 2.42. The fourth-order valence-corrected chi connectivity index (χ4v) is 4.51. The van der Waals surface area contributed by atoms with Gasteiger partial charge in [0.15, 0.2) is 0 Å². The fourth-order valence-electron chi connectivity index (χ4n) is 4.51. The zero-order valence-corrected chi connectivity index (χ0v) is 19.6. The molecule has 1 fully saturated rings. The summed E-state index contributed by atoms with van der Waals surface area (Å²) in [5.74, 6) is 1.93. The van der Waals surface area contributed by atoms with Crippen molar-refractivity contribution in [2.75, 3.05) is 19.1 Å². The smallest absolute Gasteiger partial charge is 0.228 e. The third kappa shape index (κ3) is 4.80. The SMILES string of the molecule is COc1ccc(C2C(C(=O)N(C)Cc3ccc(C)o3)CCC(=O)N2c2ccc(C)cc2)cc1. The molecule has 1 aliphatic heterocycles. The van der Waals surface area contributed by atoms with Crippen LogP contribution in [0.25, 0.3) is 0 Å². The lowest BCUT2D eigenvalue weighted by Gasteiger charge is -2.42. The maximum Gasteiger partial charge on any atom is 0.228 e. The highest BCUT2D eigenvalue weighted by molar-refractivity contribution is 5.97. The van der Waals surface area contributed by atoms with E-state index in [1.807, 2.05) is 74.5 Å². The molecule has 4 rings (SSSR count). The number of furan rings is 1. The van der Waals surface area contributed by atoms with Crippen LogP contribution in [0.4, 0.5) is 5.69 Å². The average molecular weight is 447 g/mol. The molecule has 0 bridgehead atoms. The van der Waals surface area contributed by atoms with Crippen LogP contribution in [0.3, 0.4) is 0 Å². The molecule has 0 radical (unpaired) electrons. The van der Waals surface area contributed by atoms with Crippen LogP contribution >= 0.6 is 0 Å². The fraction of sp³-hybridized carbons (Fsp3) is 0.333. The van der Waals surface area contributed by atoms with Crippen molar-refractivity contribution < 1.29 is 18.7 Å². The molecule has 2 heterocycles. The standard InChI is InChI=1S/C27H30N2O4/c1-18-5-10-21(11-6-18)29-25(30)16-15-24(26(29)20-8-13-22(32-4)14-9-20)27(31)28(3)17-23-12-7-19(2)33-23/h5-14,24,26H,15-17H2,1-4H3. The Bertz CT molecular complexity index is 1120. The van der Waals surface area contributed by atoms with E-state index in [-0.39, 0.29) is 17.7 Å². The monoisotopic (exact) mass is 446 g/mol. The van der Waals surface area contributed by atoms with Crippen molar-refractivity contribution in [2.24, 2.45) is 5.92 Å². The van der Waals surface area contributed by atoms with Crippen molar-refractivity contribution in [3.8, 4) is 5.75 Å². The van der Waals surface area contributed by atoms with Gasteiger partial charge < -0.3 is 19.0 Å². The number of ether oxygens (including phenoxy) is 1. The van der Waals surface area contributed by atoms with Crippen molar-refractivity contribution in [3.05, 3.63) is 83.3 Å². The highest BCUT2D eigenvalue weighted by Crippen LogP contribution is 2.41. The normalized spacial score (nSPS) is 18.3. The van der Waals surface area contributed by atoms with E-state index in [0.29, 0.717) is 19.4 Å². The van der Waals surface area contributed by atoms with Crippen LogP contribution in [0.5, 0.6) is 5.75 Å². The molecule has 6 heteroatoms. The van der Waals surface area contributed by atoms with Gasteiger partial charge in [-0.05, 0) is 62.2 Å². The number of rotatable bonds is 6. The number of benzene rings is 2. The Hall–Kier alpha value is -3.54. The largest absolute Gasteiger partial charge is 0.497 e. The van der Waals surface area contributed by atoms with Crippen LogP contribution in [-0.2, 0) is 16.1 Å². The number of nitrogens with zero attached hydrogens (tertiary/aromatic N) is 2. The Balaban J connectivity index is 1.70. The first-order valence-corrected chi connectivity index (χ1v) is 11.2. The second-order valence-corrected chi connectivity index (χ2v) is 8.67. The molecule has 172 valence electrons. The van der Waals surface area contributed by atoms with Gasteiger partial charge in [0, 0.05) is 19.2 Å². The molecule has 6 nitrogen and oxygen atoms in total. The summed E-state index contributed by atoms with van der Waals surface area (Å²) in [5.41, 5.74) is 2.82. The van der Waals surface area contributed by atoms with Gasteiger partial charge in [-0.3, -0.25) is 9.59 Å². The van der Waals surface area contributed by atoms with Gasteiger partial charge in [-0.25, -0.2) is 0 Å². The molecule has 1 aromatic heterocycles. The first-order chi connectivity index (χ1) is 15.9. The Morgan fingerprint density at radius 3 is 2.36 bits per heavy atom. The molecule has 33 heavy (non-hydrogen) atoms. The quantitative estimate of drug-likeness (QED) is 0.532. The molecular formula is C27H30N2O4. The van der Waals surface area contributed by atoms with Crippen molar-refractivity contribution in [3.63, 3.8) is 0 Å². The van der Waals surface area contributed by atoms with Crippen LogP contribution < -0.4 is 9.64 Å². The van der Waals surface area contributed by atoms with E-state index in [1.165, 1.54) is 0 Å². The number of methoxy groups -OCH3 is 1. The highest BCUT2D eigenvalue weighted by atomic mass is 16.5. The topological polar surface area (TPSA) is 63.0 Å². The van der Waals surface area contributed by atoms with Crippen LogP contribution in [0.2, 0.25) is 0 Å². The van der Waals surface area contributed by atoms with E-state index < -0.39 is 6.04 Å². The number of carbonyl (C=O) groups excluding carboxylic acids is 2. The maximum absolute atomic E-state index is 13.7. The molecule has 3 aromatic rings. The molecule has 0 N–H and O–H groups in total. The predicted octanol–water partition coefficient (Wildman–Crippen LogP) is 5.05. The number of aryl methyl sites for hydroxylation is 2. The third-order valence-corrected chi connectivity index (χ3v) is 6.25. The van der Waals surface area contributed by atoms with Gasteiger partial charge in [0.2, 0.25) is 11.8 Å². The van der Waals surface area contributed by atoms with Gasteiger partial charge in [-0.15, -0.1) is 0 Å². The van der Waals surface area contributed by atoms with E-state index >= 15 is 0 Å². The van der Waals surface area contributed by atoms with Gasteiger partial charge in [-0.1, -0.05) is 29.8 Å². The van der Waals surface area contributed by atoms with Gasteiger partial charge in [0.1, 0.15) is 17.3 Å². The van der Waals surface area contributed by atoms with E-state index in [9.17, 15) is 9.59 Å². The van der Waals surface area contributed by atoms with Gasteiger partial charge in [-0.2, -0.15) is 0 Å². The minimum absolute atomic E-state index is 0.00511. The molecule has 2 atom stereocenters. The number of anilines is 1. The summed E-state index contributed by atoms with van der Waals surface area (Å²) in [6, 6.07) is 18.9. The minimum Gasteiger partial charge on any atom is -0.497 e. The lowest BCUT2D eigenvalue weighted by Crippen LogP contribution is -2.48. The zero-order valence-electron chi connectivity index (χ0n) is 19.6. The number of hydrogen-bond donors (Lipinski definition) is 0. The number of piperidine rings is 1. The second kappa shape index (κ2) is 9.53. The van der Waals surface area contributed by atoms with Gasteiger partial charge in [0.05, 0.1) is 25.6 Å². The lowest BCUT2D eigenvalue weighted by molar-refractivity contribution is -0.138. The van der Waals surface area contributed by atoms with Crippen LogP contribution in [0.1, 0.15) is 41.5 Å². The van der Waals surface area contributed by atoms with Crippen molar-refractivity contribution >= 4 is 17.5 Å². The van der Waals surface area contributed by atoms with Gasteiger partial charge in [0.25, 0.3) is 0 Å². The van der Waals surface area contributed by atoms with Crippen molar-refractivity contribution in [1.82, 2.24) is 4.90 Å². The Labute approximate surface area is 194 Å². The molecule has 2 aromatic carbocycles. The van der Waals surface area contributed by atoms with Crippen molar-refractivity contribution in [1.29, 1.82) is 0 Å². The summed E-state index contributed by atoms with van der Waals surface area (Å²) < 4.78 is 11.0. The first-order valence-electron chi connectivity index (χ1n) is 11.2. The van der Waals surface area contributed by atoms with Crippen LogP contribution in [-0.4, -0.2) is 30.9 Å². The molecule has 0 saturated carbocycles. The van der Waals surface area contributed by atoms with E-state index in [2.05, 4.69) is 0 Å². The Morgan fingerprint density at radius 2 is 1.76 bits per heavy atom. The van der Waals surface area contributed by atoms with E-state index in [0.717, 1.165) is 34.1 Å². The summed E-state index contributed by atoms with van der Waals surface area (Å²) in [5, 5.41) is 0. The Morgan fingerprint density at radius 1 is 1.06 bits per heavy atom. The Kier molecular flexibility index (Phi) is 6.54. The molecule has 2 amide bonds. The minimum atomic E-state index is -0.409. The van der Waals surface area contributed by atoms with Crippen molar-refractivity contribution in [2.45, 2.75) is 39.3 Å². The van der Waals surface area contributed by atoms with E-state index in [4.69, 9.17) is 9.15 Å². The first kappa shape index (κ1) is 22.6. The summed E-state index contributed by atoms with van der Waals surface area (Å²) in [4.78, 5) is 30.3. The van der Waals surface area contributed by atoms with Crippen LogP contribution in [0, 0.1) is 19.8 Å². The number of carbonyl (C=O) groups is 2. The number of amides is 2. The van der Waals surface area contributed by atoms with Gasteiger partial charge >= 0.3 is 0 Å². The van der Waals surface area contributed by atoms with E-state index in [1.54, 1.807) is 24.0 Å². The molecule has 0 spiro atoms. The third-order valence-electron chi connectivity index (χ3n) is 6.25. The summed E-state index contributed by atoms with van der Waals surface area (Å²) >= 11 is 0. The predicted molar refractivity (Wildman–Crippen MR) is 127 cm³/mol. The molecule has 2 unspecified atom stereocenters. The number of hydrogen-bond acceptors (Lipinski definition) is 4. The lowest BCUT2D eigenvalue weighted by atomic mass is 9.82.